The Hall–Kier alpha value is -2.34. The summed E-state index contributed by atoms with van der Waals surface area (Å²) in [6, 6.07) is 15.1. The van der Waals surface area contributed by atoms with Crippen LogP contribution in [-0.4, -0.2) is 17.1 Å². The van der Waals surface area contributed by atoms with Crippen LogP contribution in [0.3, 0.4) is 0 Å². The summed E-state index contributed by atoms with van der Waals surface area (Å²) < 4.78 is 36.7. The van der Waals surface area contributed by atoms with Crippen molar-refractivity contribution in [2.75, 3.05) is 0 Å². The van der Waals surface area contributed by atoms with E-state index in [0.29, 0.717) is 12.6 Å². The lowest BCUT2D eigenvalue weighted by molar-refractivity contribution is -0.138. The maximum Gasteiger partial charge on any atom is 0.416 e. The van der Waals surface area contributed by atoms with Crippen molar-refractivity contribution in [2.45, 2.75) is 44.4 Å². The van der Waals surface area contributed by atoms with E-state index in [2.05, 4.69) is 5.32 Å². The average molecular weight is 365 g/mol. The molecule has 0 bridgehead atoms. The van der Waals surface area contributed by atoms with E-state index in [9.17, 15) is 18.0 Å². The molecule has 0 heterocycles. The number of halogens is 3. The Morgan fingerprint density at radius 1 is 1.12 bits per heavy atom. The zero-order valence-corrected chi connectivity index (χ0v) is 14.5. The molecular formula is C20H22F3NO2. The topological polar surface area (TPSA) is 49.3 Å². The normalized spacial score (nSPS) is 14.9. The fraction of sp³-hybridized carbons (Fsp3) is 0.350. The molecule has 0 saturated heterocycles. The Kier molecular flexibility index (Phi) is 6.80. The van der Waals surface area contributed by atoms with Crippen molar-refractivity contribution in [3.63, 3.8) is 0 Å². The van der Waals surface area contributed by atoms with Crippen LogP contribution in [0.1, 0.15) is 42.4 Å². The number of carboxylic acids is 1. The van der Waals surface area contributed by atoms with E-state index < -0.39 is 23.6 Å². The van der Waals surface area contributed by atoms with Crippen LogP contribution in [-0.2, 0) is 17.5 Å². The van der Waals surface area contributed by atoms with Gasteiger partial charge in [0, 0.05) is 12.6 Å². The van der Waals surface area contributed by atoms with Gasteiger partial charge < -0.3 is 10.4 Å². The molecule has 3 nitrogen and oxygen atoms in total. The van der Waals surface area contributed by atoms with Gasteiger partial charge in [-0.05, 0) is 43.0 Å². The summed E-state index contributed by atoms with van der Waals surface area (Å²) >= 11 is 0. The molecule has 2 aromatic rings. The standard InChI is InChI=1S/C11H12F3N.C9H10O2/c12-11(13,14)9-3-1-8(2-4-9)7-15-10-5-6-10;1-7(9(10)11)8-5-3-2-4-6-8/h1-4,10,15H,5-7H2;2-7H,1H3,(H,10,11). The Bertz CT molecular complexity index is 695. The SMILES string of the molecule is CC(C(=O)O)c1ccccc1.FC(F)(F)c1ccc(CNC2CC2)cc1. The third-order valence-electron chi connectivity index (χ3n) is 4.12. The van der Waals surface area contributed by atoms with Crippen LogP contribution >= 0.6 is 0 Å². The smallest absolute Gasteiger partial charge is 0.416 e. The molecule has 0 aliphatic heterocycles. The van der Waals surface area contributed by atoms with Gasteiger partial charge in [0.25, 0.3) is 0 Å². The lowest BCUT2D eigenvalue weighted by Crippen LogP contribution is -2.15. The maximum absolute atomic E-state index is 12.2. The summed E-state index contributed by atoms with van der Waals surface area (Å²) in [4.78, 5) is 10.5. The van der Waals surface area contributed by atoms with E-state index >= 15 is 0 Å². The molecule has 1 unspecified atom stereocenters. The predicted octanol–water partition coefficient (Wildman–Crippen LogP) is 4.83. The summed E-state index contributed by atoms with van der Waals surface area (Å²) in [7, 11) is 0. The molecule has 0 aromatic heterocycles. The molecule has 1 fully saturated rings. The van der Waals surface area contributed by atoms with Crippen LogP contribution in [0.5, 0.6) is 0 Å². The van der Waals surface area contributed by atoms with Crippen LogP contribution in [0.25, 0.3) is 0 Å². The van der Waals surface area contributed by atoms with Crippen molar-refractivity contribution in [3.8, 4) is 0 Å². The van der Waals surface area contributed by atoms with Gasteiger partial charge in [0.1, 0.15) is 0 Å². The molecule has 2 aromatic carbocycles. The fourth-order valence-corrected chi connectivity index (χ4v) is 2.25. The van der Waals surface area contributed by atoms with Gasteiger partial charge in [0.2, 0.25) is 0 Å². The number of hydrogen-bond donors (Lipinski definition) is 2. The highest BCUT2D eigenvalue weighted by Crippen LogP contribution is 2.29. The van der Waals surface area contributed by atoms with Crippen LogP contribution in [0.4, 0.5) is 13.2 Å². The molecule has 1 atom stereocenters. The van der Waals surface area contributed by atoms with Gasteiger partial charge >= 0.3 is 12.1 Å². The van der Waals surface area contributed by atoms with Crippen molar-refractivity contribution in [3.05, 3.63) is 71.3 Å². The average Bonchev–Trinajstić information content (AvgIpc) is 3.44. The first-order valence-electron chi connectivity index (χ1n) is 8.44. The summed E-state index contributed by atoms with van der Waals surface area (Å²) in [6.45, 7) is 2.33. The number of aliphatic carboxylic acids is 1. The minimum atomic E-state index is -4.23. The summed E-state index contributed by atoms with van der Waals surface area (Å²) in [6.07, 6.45) is -1.87. The van der Waals surface area contributed by atoms with Crippen LogP contribution in [0, 0.1) is 0 Å². The van der Waals surface area contributed by atoms with Crippen molar-refractivity contribution >= 4 is 5.97 Å². The Labute approximate surface area is 150 Å². The molecule has 0 radical (unpaired) electrons. The van der Waals surface area contributed by atoms with Gasteiger partial charge in [-0.2, -0.15) is 13.2 Å². The lowest BCUT2D eigenvalue weighted by atomic mass is 10.0. The molecule has 1 aliphatic rings. The molecule has 1 saturated carbocycles. The van der Waals surface area contributed by atoms with E-state index in [-0.39, 0.29) is 0 Å². The zero-order valence-electron chi connectivity index (χ0n) is 14.5. The van der Waals surface area contributed by atoms with Gasteiger partial charge in [0.05, 0.1) is 11.5 Å². The number of rotatable bonds is 5. The number of carbonyl (C=O) groups is 1. The summed E-state index contributed by atoms with van der Waals surface area (Å²) in [5.74, 6) is -1.19. The fourth-order valence-electron chi connectivity index (χ4n) is 2.25. The van der Waals surface area contributed by atoms with Gasteiger partial charge in [0.15, 0.2) is 0 Å². The number of nitrogens with one attached hydrogen (secondary N) is 1. The van der Waals surface area contributed by atoms with Crippen LogP contribution < -0.4 is 5.32 Å². The quantitative estimate of drug-likeness (QED) is 0.798. The summed E-state index contributed by atoms with van der Waals surface area (Å²) in [5.41, 5.74) is 1.16. The van der Waals surface area contributed by atoms with Gasteiger partial charge in [-0.15, -0.1) is 0 Å². The summed E-state index contributed by atoms with van der Waals surface area (Å²) in [5, 5.41) is 11.9. The Morgan fingerprint density at radius 2 is 1.69 bits per heavy atom. The molecule has 0 spiro atoms. The first kappa shape index (κ1) is 20.0. The van der Waals surface area contributed by atoms with Crippen molar-refractivity contribution in [1.82, 2.24) is 5.32 Å². The first-order valence-corrected chi connectivity index (χ1v) is 8.44. The number of alkyl halides is 3. The highest BCUT2D eigenvalue weighted by atomic mass is 19.4. The van der Waals surface area contributed by atoms with Crippen molar-refractivity contribution < 1.29 is 23.1 Å². The number of carboxylic acid groups (broad SMARTS) is 1. The molecule has 3 rings (SSSR count). The van der Waals surface area contributed by atoms with E-state index in [1.54, 1.807) is 6.92 Å². The third kappa shape index (κ3) is 6.52. The maximum atomic E-state index is 12.2. The molecule has 0 amide bonds. The highest BCUT2D eigenvalue weighted by molar-refractivity contribution is 5.75. The molecule has 26 heavy (non-hydrogen) atoms. The predicted molar refractivity (Wildman–Crippen MR) is 93.8 cm³/mol. The lowest BCUT2D eigenvalue weighted by Gasteiger charge is -2.07. The molecule has 2 N–H and O–H groups in total. The Balaban J connectivity index is 0.000000197. The molecular weight excluding hydrogens is 343 g/mol. The Morgan fingerprint density at radius 3 is 2.15 bits per heavy atom. The van der Waals surface area contributed by atoms with Gasteiger partial charge in [-0.1, -0.05) is 42.5 Å². The van der Waals surface area contributed by atoms with E-state index in [0.717, 1.165) is 23.3 Å². The molecule has 1 aliphatic carbocycles. The van der Waals surface area contributed by atoms with Crippen molar-refractivity contribution in [2.24, 2.45) is 0 Å². The van der Waals surface area contributed by atoms with E-state index in [1.807, 2.05) is 30.3 Å². The third-order valence-corrected chi connectivity index (χ3v) is 4.12. The second-order valence-electron chi connectivity index (χ2n) is 6.32. The monoisotopic (exact) mass is 365 g/mol. The molecule has 6 heteroatoms. The minimum Gasteiger partial charge on any atom is -0.481 e. The van der Waals surface area contributed by atoms with Gasteiger partial charge in [-0.3, -0.25) is 4.79 Å². The second-order valence-corrected chi connectivity index (χ2v) is 6.32. The van der Waals surface area contributed by atoms with Crippen LogP contribution in [0.15, 0.2) is 54.6 Å². The van der Waals surface area contributed by atoms with E-state index in [1.165, 1.54) is 25.0 Å². The van der Waals surface area contributed by atoms with Crippen molar-refractivity contribution in [1.29, 1.82) is 0 Å². The number of benzene rings is 2. The highest BCUT2D eigenvalue weighted by Gasteiger charge is 2.30. The van der Waals surface area contributed by atoms with Crippen LogP contribution in [0.2, 0.25) is 0 Å². The largest absolute Gasteiger partial charge is 0.481 e. The zero-order chi connectivity index (χ0) is 19.2. The van der Waals surface area contributed by atoms with Gasteiger partial charge in [-0.25, -0.2) is 0 Å². The number of hydrogen-bond acceptors (Lipinski definition) is 2. The first-order chi connectivity index (χ1) is 12.3. The molecule has 140 valence electrons. The second kappa shape index (κ2) is 8.85. The minimum absolute atomic E-state index is 0.406. The van der Waals surface area contributed by atoms with E-state index in [4.69, 9.17) is 5.11 Å².